The molecule has 0 aliphatic carbocycles. The van der Waals surface area contributed by atoms with Crippen LogP contribution in [0.5, 0.6) is 0 Å². The van der Waals surface area contributed by atoms with E-state index in [1.807, 2.05) is 0 Å². The fourth-order valence-electron chi connectivity index (χ4n) is 1.93. The van der Waals surface area contributed by atoms with E-state index in [1.165, 1.54) is 17.4 Å². The van der Waals surface area contributed by atoms with Gasteiger partial charge in [0.05, 0.1) is 13.2 Å². The van der Waals surface area contributed by atoms with Gasteiger partial charge in [-0.15, -0.1) is 11.3 Å². The summed E-state index contributed by atoms with van der Waals surface area (Å²) < 4.78 is 10.4. The lowest BCUT2D eigenvalue weighted by atomic mass is 10.1. The average Bonchev–Trinajstić information content (AvgIpc) is 2.87. The third-order valence-corrected chi connectivity index (χ3v) is 4.01. The van der Waals surface area contributed by atoms with Crippen LogP contribution in [0.2, 0.25) is 0 Å². The number of alkyl carbamates (subject to hydrolysis) is 1. The number of nitrogens with one attached hydrogen (secondary N) is 1. The molecule has 1 atom stereocenters. The van der Waals surface area contributed by atoms with Crippen LogP contribution in [-0.2, 0) is 15.9 Å². The maximum Gasteiger partial charge on any atom is 0.407 e. The summed E-state index contributed by atoms with van der Waals surface area (Å²) in [4.78, 5) is 23.6. The van der Waals surface area contributed by atoms with Crippen molar-refractivity contribution in [1.82, 2.24) is 5.32 Å². The molecule has 2 N–H and O–H groups in total. The second-order valence-corrected chi connectivity index (χ2v) is 5.31. The van der Waals surface area contributed by atoms with Gasteiger partial charge in [-0.2, -0.15) is 0 Å². The fraction of sp³-hybridized carbons (Fsp3) is 0.385. The molecule has 1 aromatic heterocycles. The van der Waals surface area contributed by atoms with Gasteiger partial charge >= 0.3 is 12.1 Å². The number of ether oxygens (including phenoxy) is 2. The Morgan fingerprint density at radius 1 is 1.65 bits per heavy atom. The highest BCUT2D eigenvalue weighted by Crippen LogP contribution is 2.33. The predicted octanol–water partition coefficient (Wildman–Crippen LogP) is 1.97. The lowest BCUT2D eigenvalue weighted by Gasteiger charge is -2.23. The number of aromatic carboxylic acids is 1. The number of rotatable bonds is 5. The van der Waals surface area contributed by atoms with Crippen molar-refractivity contribution < 1.29 is 24.2 Å². The van der Waals surface area contributed by atoms with Gasteiger partial charge in [-0.25, -0.2) is 9.59 Å². The zero-order chi connectivity index (χ0) is 14.5. The molecule has 20 heavy (non-hydrogen) atoms. The minimum atomic E-state index is -0.943. The Morgan fingerprint density at radius 2 is 2.45 bits per heavy atom. The quantitative estimate of drug-likeness (QED) is 0.812. The third kappa shape index (κ3) is 3.37. The van der Waals surface area contributed by atoms with Crippen molar-refractivity contribution >= 4 is 23.4 Å². The highest BCUT2D eigenvalue weighted by atomic mass is 32.1. The van der Waals surface area contributed by atoms with Crippen molar-refractivity contribution in [2.45, 2.75) is 12.5 Å². The molecule has 2 heterocycles. The normalized spacial score (nSPS) is 17.1. The van der Waals surface area contributed by atoms with Crippen molar-refractivity contribution in [3.8, 4) is 0 Å². The second-order valence-electron chi connectivity index (χ2n) is 4.17. The van der Waals surface area contributed by atoms with Gasteiger partial charge in [0.25, 0.3) is 0 Å². The maximum absolute atomic E-state index is 11.3. The van der Waals surface area contributed by atoms with Crippen molar-refractivity contribution in [1.29, 1.82) is 0 Å². The standard InChI is InChI=1S/C13H15NO5S/c1-2-4-19-13(17)14-7-9-8-6-11(12(15)16)20-10(8)3-5-18-9/h2,6,9H,1,3-5,7H2,(H,14,17)(H,15,16). The van der Waals surface area contributed by atoms with Crippen molar-refractivity contribution in [2.24, 2.45) is 0 Å². The van der Waals surface area contributed by atoms with Gasteiger partial charge in [0.1, 0.15) is 17.6 Å². The number of carbonyl (C=O) groups is 2. The molecule has 1 amide bonds. The monoisotopic (exact) mass is 297 g/mol. The fourth-order valence-corrected chi connectivity index (χ4v) is 2.96. The SMILES string of the molecule is C=CCOC(=O)NCC1OCCc2sc(C(=O)O)cc21. The van der Waals surface area contributed by atoms with Crippen LogP contribution in [0, 0.1) is 0 Å². The second kappa shape index (κ2) is 6.53. The minimum Gasteiger partial charge on any atom is -0.477 e. The third-order valence-electron chi connectivity index (χ3n) is 2.81. The highest BCUT2D eigenvalue weighted by Gasteiger charge is 2.25. The number of thiophene rings is 1. The van der Waals surface area contributed by atoms with E-state index in [9.17, 15) is 9.59 Å². The Bertz CT molecular complexity index is 525. The molecule has 6 nitrogen and oxygen atoms in total. The van der Waals surface area contributed by atoms with Gasteiger partial charge in [0.15, 0.2) is 0 Å². The Morgan fingerprint density at radius 3 is 3.15 bits per heavy atom. The lowest BCUT2D eigenvalue weighted by molar-refractivity contribution is 0.0427. The van der Waals surface area contributed by atoms with E-state index in [2.05, 4.69) is 11.9 Å². The molecule has 1 aliphatic rings. The van der Waals surface area contributed by atoms with Crippen LogP contribution in [0.25, 0.3) is 0 Å². The molecule has 0 spiro atoms. The smallest absolute Gasteiger partial charge is 0.407 e. The molecule has 1 unspecified atom stereocenters. The molecule has 0 radical (unpaired) electrons. The first-order chi connectivity index (χ1) is 9.61. The van der Waals surface area contributed by atoms with Crippen LogP contribution >= 0.6 is 11.3 Å². The summed E-state index contributed by atoms with van der Waals surface area (Å²) in [5.41, 5.74) is 0.836. The Balaban J connectivity index is 1.99. The molecule has 0 bridgehead atoms. The van der Waals surface area contributed by atoms with Crippen molar-refractivity contribution in [3.63, 3.8) is 0 Å². The number of carboxylic acid groups (broad SMARTS) is 1. The van der Waals surface area contributed by atoms with Crippen LogP contribution in [-0.4, -0.2) is 36.9 Å². The van der Waals surface area contributed by atoms with Crippen LogP contribution < -0.4 is 5.32 Å². The first-order valence-corrected chi connectivity index (χ1v) is 6.92. The number of carboxylic acids is 1. The Labute approximate surface area is 120 Å². The predicted molar refractivity (Wildman–Crippen MR) is 73.2 cm³/mol. The zero-order valence-corrected chi connectivity index (χ0v) is 11.6. The molecular formula is C13H15NO5S. The van der Waals surface area contributed by atoms with E-state index in [0.717, 1.165) is 10.4 Å². The molecule has 0 saturated carbocycles. The summed E-state index contributed by atoms with van der Waals surface area (Å²) >= 11 is 1.26. The molecule has 1 aromatic rings. The van der Waals surface area contributed by atoms with Gasteiger partial charge in [-0.05, 0) is 11.6 Å². The summed E-state index contributed by atoms with van der Waals surface area (Å²) in [5.74, 6) is -0.943. The summed E-state index contributed by atoms with van der Waals surface area (Å²) in [6, 6.07) is 1.61. The average molecular weight is 297 g/mol. The first-order valence-electron chi connectivity index (χ1n) is 6.11. The number of hydrogen-bond donors (Lipinski definition) is 2. The number of fused-ring (bicyclic) bond motifs is 1. The number of carbonyl (C=O) groups excluding carboxylic acids is 1. The summed E-state index contributed by atoms with van der Waals surface area (Å²) in [6.45, 7) is 4.35. The van der Waals surface area contributed by atoms with E-state index >= 15 is 0 Å². The van der Waals surface area contributed by atoms with Gasteiger partial charge in [0, 0.05) is 11.3 Å². The summed E-state index contributed by atoms with van der Waals surface area (Å²) in [7, 11) is 0. The van der Waals surface area contributed by atoms with Gasteiger partial charge in [0.2, 0.25) is 0 Å². The van der Waals surface area contributed by atoms with E-state index < -0.39 is 12.1 Å². The van der Waals surface area contributed by atoms with E-state index in [1.54, 1.807) is 6.07 Å². The molecular weight excluding hydrogens is 282 g/mol. The van der Waals surface area contributed by atoms with Gasteiger partial charge in [-0.3, -0.25) is 0 Å². The number of amides is 1. The van der Waals surface area contributed by atoms with E-state index in [4.69, 9.17) is 14.6 Å². The Kier molecular flexibility index (Phi) is 4.75. The summed E-state index contributed by atoms with van der Waals surface area (Å²) in [5, 5.41) is 11.6. The van der Waals surface area contributed by atoms with Crippen LogP contribution in [0.3, 0.4) is 0 Å². The van der Waals surface area contributed by atoms with Crippen molar-refractivity contribution in [3.05, 3.63) is 34.0 Å². The minimum absolute atomic E-state index is 0.143. The largest absolute Gasteiger partial charge is 0.477 e. The first kappa shape index (κ1) is 14.5. The summed E-state index contributed by atoms with van der Waals surface area (Å²) in [6.07, 6.45) is 1.30. The molecule has 0 saturated heterocycles. The maximum atomic E-state index is 11.3. The Hall–Kier alpha value is -1.86. The van der Waals surface area contributed by atoms with Gasteiger partial charge in [-0.1, -0.05) is 12.7 Å². The number of hydrogen-bond acceptors (Lipinski definition) is 5. The molecule has 1 aliphatic heterocycles. The molecule has 108 valence electrons. The topological polar surface area (TPSA) is 84.9 Å². The van der Waals surface area contributed by atoms with E-state index in [-0.39, 0.29) is 19.3 Å². The van der Waals surface area contributed by atoms with Crippen LogP contribution in [0.15, 0.2) is 18.7 Å². The molecule has 7 heteroatoms. The highest BCUT2D eigenvalue weighted by molar-refractivity contribution is 7.14. The zero-order valence-electron chi connectivity index (χ0n) is 10.8. The van der Waals surface area contributed by atoms with Crippen molar-refractivity contribution in [2.75, 3.05) is 19.8 Å². The molecule has 2 rings (SSSR count). The van der Waals surface area contributed by atoms with Crippen LogP contribution in [0.1, 0.15) is 26.2 Å². The van der Waals surface area contributed by atoms with Crippen LogP contribution in [0.4, 0.5) is 4.79 Å². The molecule has 0 fully saturated rings. The lowest BCUT2D eigenvalue weighted by Crippen LogP contribution is -2.31. The molecule has 0 aromatic carbocycles. The van der Waals surface area contributed by atoms with E-state index in [0.29, 0.717) is 17.9 Å². The van der Waals surface area contributed by atoms with Gasteiger partial charge < -0.3 is 19.9 Å².